The van der Waals surface area contributed by atoms with Crippen molar-refractivity contribution < 1.29 is 9.59 Å². The van der Waals surface area contributed by atoms with E-state index in [2.05, 4.69) is 10.6 Å². The summed E-state index contributed by atoms with van der Waals surface area (Å²) < 4.78 is 0. The molecule has 0 aromatic heterocycles. The molecule has 0 aromatic rings. The van der Waals surface area contributed by atoms with Gasteiger partial charge in [0.15, 0.2) is 0 Å². The molecule has 1 aliphatic heterocycles. The Morgan fingerprint density at radius 1 is 1.43 bits per heavy atom. The van der Waals surface area contributed by atoms with Gasteiger partial charge in [0.2, 0.25) is 11.8 Å². The van der Waals surface area contributed by atoms with Gasteiger partial charge in [0, 0.05) is 6.54 Å². The van der Waals surface area contributed by atoms with E-state index in [4.69, 9.17) is 5.73 Å². The van der Waals surface area contributed by atoms with Crippen LogP contribution in [0.5, 0.6) is 0 Å². The van der Waals surface area contributed by atoms with Gasteiger partial charge < -0.3 is 16.4 Å². The van der Waals surface area contributed by atoms with Crippen molar-refractivity contribution in [3.63, 3.8) is 0 Å². The number of amides is 2. The summed E-state index contributed by atoms with van der Waals surface area (Å²) in [5, 5.41) is 5.71. The van der Waals surface area contributed by atoms with E-state index >= 15 is 0 Å². The molecule has 1 fully saturated rings. The fourth-order valence-corrected chi connectivity index (χ4v) is 1.56. The van der Waals surface area contributed by atoms with Crippen molar-refractivity contribution >= 4 is 11.8 Å². The second-order valence-electron chi connectivity index (χ2n) is 3.58. The van der Waals surface area contributed by atoms with Gasteiger partial charge in [0.25, 0.3) is 0 Å². The maximum Gasteiger partial charge on any atom is 0.236 e. The third-order valence-corrected chi connectivity index (χ3v) is 2.35. The van der Waals surface area contributed by atoms with Crippen LogP contribution in [0.3, 0.4) is 0 Å². The lowest BCUT2D eigenvalue weighted by Gasteiger charge is -2.13. The SMILES string of the molecule is NC(=O)CNC(=O)C1CCCCNC1. The normalized spacial score (nSPS) is 22.4. The van der Waals surface area contributed by atoms with Crippen LogP contribution in [0.25, 0.3) is 0 Å². The number of rotatable bonds is 3. The molecule has 5 nitrogen and oxygen atoms in total. The first-order chi connectivity index (χ1) is 6.70. The van der Waals surface area contributed by atoms with E-state index in [1.165, 1.54) is 0 Å². The number of carbonyl (C=O) groups is 2. The van der Waals surface area contributed by atoms with Crippen molar-refractivity contribution in [2.75, 3.05) is 19.6 Å². The highest BCUT2D eigenvalue weighted by molar-refractivity contribution is 5.85. The Bertz CT molecular complexity index is 210. The van der Waals surface area contributed by atoms with E-state index in [0.717, 1.165) is 25.8 Å². The van der Waals surface area contributed by atoms with Gasteiger partial charge in [-0.1, -0.05) is 6.42 Å². The number of carbonyl (C=O) groups excluding carboxylic acids is 2. The zero-order valence-electron chi connectivity index (χ0n) is 8.21. The summed E-state index contributed by atoms with van der Waals surface area (Å²) in [4.78, 5) is 21.9. The molecule has 0 radical (unpaired) electrons. The third-order valence-electron chi connectivity index (χ3n) is 2.35. The molecular formula is C9H17N3O2. The van der Waals surface area contributed by atoms with Gasteiger partial charge in [0.05, 0.1) is 12.5 Å². The first kappa shape index (κ1) is 11.0. The predicted octanol–water partition coefficient (Wildman–Crippen LogP) is -1.02. The van der Waals surface area contributed by atoms with Crippen LogP contribution in [0.1, 0.15) is 19.3 Å². The standard InChI is InChI=1S/C9H17N3O2/c10-8(13)6-12-9(14)7-3-1-2-4-11-5-7/h7,11H,1-6H2,(H2,10,13)(H,12,14). The van der Waals surface area contributed by atoms with Crippen molar-refractivity contribution in [1.29, 1.82) is 0 Å². The van der Waals surface area contributed by atoms with E-state index in [-0.39, 0.29) is 18.4 Å². The Morgan fingerprint density at radius 3 is 2.93 bits per heavy atom. The van der Waals surface area contributed by atoms with Crippen LogP contribution in [-0.2, 0) is 9.59 Å². The molecule has 80 valence electrons. The van der Waals surface area contributed by atoms with Gasteiger partial charge >= 0.3 is 0 Å². The molecule has 1 atom stereocenters. The second-order valence-corrected chi connectivity index (χ2v) is 3.58. The Labute approximate surface area is 83.4 Å². The highest BCUT2D eigenvalue weighted by Gasteiger charge is 2.19. The van der Waals surface area contributed by atoms with Crippen molar-refractivity contribution in [2.24, 2.45) is 11.7 Å². The average Bonchev–Trinajstić information content (AvgIpc) is 2.42. The fraction of sp³-hybridized carbons (Fsp3) is 0.778. The minimum Gasteiger partial charge on any atom is -0.368 e. The minimum atomic E-state index is -0.500. The van der Waals surface area contributed by atoms with Gasteiger partial charge in [-0.2, -0.15) is 0 Å². The summed E-state index contributed by atoms with van der Waals surface area (Å²) in [6, 6.07) is 0. The number of nitrogens with two attached hydrogens (primary N) is 1. The molecule has 2 amide bonds. The summed E-state index contributed by atoms with van der Waals surface area (Å²) in [7, 11) is 0. The first-order valence-corrected chi connectivity index (χ1v) is 4.97. The van der Waals surface area contributed by atoms with Gasteiger partial charge in [-0.05, 0) is 19.4 Å². The topological polar surface area (TPSA) is 84.2 Å². The number of hydrogen-bond acceptors (Lipinski definition) is 3. The predicted molar refractivity (Wildman–Crippen MR) is 52.4 cm³/mol. The van der Waals surface area contributed by atoms with Crippen LogP contribution in [0.4, 0.5) is 0 Å². The number of nitrogens with one attached hydrogen (secondary N) is 2. The van der Waals surface area contributed by atoms with Gasteiger partial charge in [-0.3, -0.25) is 9.59 Å². The average molecular weight is 199 g/mol. The molecule has 1 aliphatic rings. The molecule has 0 spiro atoms. The zero-order valence-corrected chi connectivity index (χ0v) is 8.21. The van der Waals surface area contributed by atoms with Crippen LogP contribution in [0.15, 0.2) is 0 Å². The van der Waals surface area contributed by atoms with Crippen LogP contribution in [-0.4, -0.2) is 31.4 Å². The molecule has 0 saturated carbocycles. The van der Waals surface area contributed by atoms with Crippen LogP contribution in [0.2, 0.25) is 0 Å². The largest absolute Gasteiger partial charge is 0.368 e. The Balaban J connectivity index is 2.30. The molecule has 5 heteroatoms. The van der Waals surface area contributed by atoms with Crippen LogP contribution < -0.4 is 16.4 Å². The van der Waals surface area contributed by atoms with Crippen LogP contribution in [0, 0.1) is 5.92 Å². The van der Waals surface area contributed by atoms with E-state index in [1.54, 1.807) is 0 Å². The Kier molecular flexibility index (Phi) is 4.39. The van der Waals surface area contributed by atoms with Crippen molar-refractivity contribution in [3.8, 4) is 0 Å². The highest BCUT2D eigenvalue weighted by Crippen LogP contribution is 2.10. The van der Waals surface area contributed by atoms with Gasteiger partial charge in [-0.25, -0.2) is 0 Å². The van der Waals surface area contributed by atoms with E-state index in [0.29, 0.717) is 6.54 Å². The first-order valence-electron chi connectivity index (χ1n) is 4.97. The molecule has 4 N–H and O–H groups in total. The molecule has 0 aliphatic carbocycles. The van der Waals surface area contributed by atoms with Gasteiger partial charge in [-0.15, -0.1) is 0 Å². The monoisotopic (exact) mass is 199 g/mol. The summed E-state index contributed by atoms with van der Waals surface area (Å²) in [6.07, 6.45) is 3.05. The summed E-state index contributed by atoms with van der Waals surface area (Å²) in [6.45, 7) is 1.61. The lowest BCUT2D eigenvalue weighted by atomic mass is 10.0. The number of primary amides is 1. The molecule has 1 rings (SSSR count). The second kappa shape index (κ2) is 5.59. The number of hydrogen-bond donors (Lipinski definition) is 3. The Hall–Kier alpha value is -1.10. The van der Waals surface area contributed by atoms with Crippen molar-refractivity contribution in [3.05, 3.63) is 0 Å². The summed E-state index contributed by atoms with van der Waals surface area (Å²) >= 11 is 0. The van der Waals surface area contributed by atoms with Crippen LogP contribution >= 0.6 is 0 Å². The summed E-state index contributed by atoms with van der Waals surface area (Å²) in [5.41, 5.74) is 4.93. The molecule has 0 bridgehead atoms. The highest BCUT2D eigenvalue weighted by atomic mass is 16.2. The quantitative estimate of drug-likeness (QED) is 0.544. The molecule has 14 heavy (non-hydrogen) atoms. The minimum absolute atomic E-state index is 0.0168. The van der Waals surface area contributed by atoms with E-state index < -0.39 is 5.91 Å². The third kappa shape index (κ3) is 3.74. The molecule has 1 heterocycles. The molecule has 1 saturated heterocycles. The Morgan fingerprint density at radius 2 is 2.21 bits per heavy atom. The van der Waals surface area contributed by atoms with Crippen molar-refractivity contribution in [1.82, 2.24) is 10.6 Å². The van der Waals surface area contributed by atoms with E-state index in [1.807, 2.05) is 0 Å². The lowest BCUT2D eigenvalue weighted by Crippen LogP contribution is -2.40. The fourth-order valence-electron chi connectivity index (χ4n) is 1.56. The van der Waals surface area contributed by atoms with Gasteiger partial charge in [0.1, 0.15) is 0 Å². The zero-order chi connectivity index (χ0) is 10.4. The maximum absolute atomic E-state index is 11.5. The molecular weight excluding hydrogens is 182 g/mol. The van der Waals surface area contributed by atoms with E-state index in [9.17, 15) is 9.59 Å². The maximum atomic E-state index is 11.5. The molecule has 1 unspecified atom stereocenters. The van der Waals surface area contributed by atoms with Crippen molar-refractivity contribution in [2.45, 2.75) is 19.3 Å². The summed E-state index contributed by atoms with van der Waals surface area (Å²) in [5.74, 6) is -0.588. The smallest absolute Gasteiger partial charge is 0.236 e. The molecule has 0 aromatic carbocycles. The lowest BCUT2D eigenvalue weighted by molar-refractivity contribution is -0.127.